The molecule has 2 aliphatic rings. The van der Waals surface area contributed by atoms with E-state index < -0.39 is 5.60 Å². The fourth-order valence-electron chi connectivity index (χ4n) is 3.88. The zero-order chi connectivity index (χ0) is 16.7. The maximum atomic E-state index is 10.6. The van der Waals surface area contributed by atoms with E-state index in [1.165, 1.54) is 19.3 Å². The summed E-state index contributed by atoms with van der Waals surface area (Å²) in [7, 11) is 0. The third-order valence-electron chi connectivity index (χ3n) is 5.52. The summed E-state index contributed by atoms with van der Waals surface area (Å²) in [5, 5.41) is 14.0. The van der Waals surface area contributed by atoms with E-state index in [1.807, 2.05) is 0 Å². The smallest absolute Gasteiger partial charge is 0.194 e. The molecule has 0 radical (unpaired) electrons. The lowest BCUT2D eigenvalue weighted by Gasteiger charge is -2.31. The number of hydrogen-bond acceptors (Lipinski definition) is 3. The van der Waals surface area contributed by atoms with Crippen molar-refractivity contribution in [3.05, 3.63) is 0 Å². The molecule has 0 saturated carbocycles. The van der Waals surface area contributed by atoms with Crippen LogP contribution in [-0.2, 0) is 4.74 Å². The number of hydrogen-bond donors (Lipinski definition) is 2. The van der Waals surface area contributed by atoms with Gasteiger partial charge >= 0.3 is 0 Å². The number of aliphatic imine (C=N–C) groups is 1. The van der Waals surface area contributed by atoms with Crippen LogP contribution < -0.4 is 5.32 Å². The Morgan fingerprint density at radius 1 is 1.30 bits per heavy atom. The zero-order valence-electron chi connectivity index (χ0n) is 15.2. The second-order valence-electron chi connectivity index (χ2n) is 7.08. The molecule has 1 unspecified atom stereocenters. The van der Waals surface area contributed by atoms with Gasteiger partial charge in [-0.1, -0.05) is 26.7 Å². The van der Waals surface area contributed by atoms with Crippen molar-refractivity contribution in [2.45, 2.75) is 58.5 Å². The summed E-state index contributed by atoms with van der Waals surface area (Å²) in [6.45, 7) is 11.5. The van der Waals surface area contributed by atoms with E-state index in [-0.39, 0.29) is 0 Å². The first-order valence-electron chi connectivity index (χ1n) is 9.45. The quantitative estimate of drug-likeness (QED) is 0.581. The average molecular weight is 325 g/mol. The molecule has 2 saturated heterocycles. The molecule has 2 aliphatic heterocycles. The van der Waals surface area contributed by atoms with Crippen molar-refractivity contribution in [3.8, 4) is 0 Å². The normalized spacial score (nSPS) is 25.2. The molecule has 0 aromatic rings. The van der Waals surface area contributed by atoms with Crippen molar-refractivity contribution in [3.63, 3.8) is 0 Å². The van der Waals surface area contributed by atoms with Crippen LogP contribution in [0.25, 0.3) is 0 Å². The van der Waals surface area contributed by atoms with Crippen LogP contribution in [-0.4, -0.2) is 61.0 Å². The highest BCUT2D eigenvalue weighted by Crippen LogP contribution is 2.29. The van der Waals surface area contributed by atoms with Gasteiger partial charge in [0.1, 0.15) is 0 Å². The van der Waals surface area contributed by atoms with E-state index in [1.54, 1.807) is 0 Å². The number of aliphatic hydroxyl groups is 1. The van der Waals surface area contributed by atoms with E-state index >= 15 is 0 Å². The molecule has 2 N–H and O–H groups in total. The summed E-state index contributed by atoms with van der Waals surface area (Å²) in [6.07, 6.45) is 5.16. The minimum Gasteiger partial charge on any atom is -0.388 e. The predicted octanol–water partition coefficient (Wildman–Crippen LogP) is 2.25. The van der Waals surface area contributed by atoms with Gasteiger partial charge in [-0.15, -0.1) is 0 Å². The van der Waals surface area contributed by atoms with Crippen molar-refractivity contribution in [1.82, 2.24) is 10.2 Å². The molecule has 0 aromatic carbocycles. The van der Waals surface area contributed by atoms with Gasteiger partial charge in [-0.25, -0.2) is 0 Å². The second-order valence-corrected chi connectivity index (χ2v) is 7.08. The van der Waals surface area contributed by atoms with Crippen molar-refractivity contribution < 1.29 is 9.84 Å². The van der Waals surface area contributed by atoms with Crippen molar-refractivity contribution >= 4 is 5.96 Å². The Morgan fingerprint density at radius 3 is 2.61 bits per heavy atom. The van der Waals surface area contributed by atoms with E-state index in [0.717, 1.165) is 37.4 Å². The minimum atomic E-state index is -0.687. The summed E-state index contributed by atoms with van der Waals surface area (Å²) in [4.78, 5) is 7.15. The summed E-state index contributed by atoms with van der Waals surface area (Å²) in [5.41, 5.74) is -0.687. The highest BCUT2D eigenvalue weighted by Gasteiger charge is 2.32. The number of rotatable bonds is 6. The summed E-state index contributed by atoms with van der Waals surface area (Å²) >= 11 is 0. The predicted molar refractivity (Wildman–Crippen MR) is 94.7 cm³/mol. The molecule has 0 bridgehead atoms. The molecular formula is C18H35N3O2. The first-order chi connectivity index (χ1) is 11.1. The largest absolute Gasteiger partial charge is 0.388 e. The number of nitrogens with one attached hydrogen (secondary N) is 1. The number of guanidine groups is 1. The molecule has 2 heterocycles. The van der Waals surface area contributed by atoms with E-state index in [2.05, 4.69) is 31.0 Å². The Bertz CT molecular complexity index is 376. The molecule has 5 nitrogen and oxygen atoms in total. The summed E-state index contributed by atoms with van der Waals surface area (Å²) < 4.78 is 5.35. The van der Waals surface area contributed by atoms with Crippen LogP contribution >= 0.6 is 0 Å². The SMILES string of the molecule is CCNC(=NCC1(O)CCOCC1)N1CCC(C(CC)CC)C1. The molecule has 0 aromatic heterocycles. The zero-order valence-corrected chi connectivity index (χ0v) is 15.2. The molecule has 23 heavy (non-hydrogen) atoms. The van der Waals surface area contributed by atoms with Gasteiger partial charge in [-0.2, -0.15) is 0 Å². The van der Waals surface area contributed by atoms with Crippen LogP contribution in [0.3, 0.4) is 0 Å². The van der Waals surface area contributed by atoms with Crippen LogP contribution in [0.1, 0.15) is 52.9 Å². The molecule has 2 rings (SSSR count). The minimum absolute atomic E-state index is 0.477. The molecular weight excluding hydrogens is 290 g/mol. The fourth-order valence-corrected chi connectivity index (χ4v) is 3.88. The van der Waals surface area contributed by atoms with Crippen LogP contribution in [0.5, 0.6) is 0 Å². The van der Waals surface area contributed by atoms with Crippen LogP contribution in [0.2, 0.25) is 0 Å². The Hall–Kier alpha value is -0.810. The molecule has 0 amide bonds. The van der Waals surface area contributed by atoms with Crippen LogP contribution in [0.4, 0.5) is 0 Å². The molecule has 1 atom stereocenters. The van der Waals surface area contributed by atoms with Gasteiger partial charge in [-0.05, 0) is 25.2 Å². The monoisotopic (exact) mass is 325 g/mol. The molecule has 2 fully saturated rings. The van der Waals surface area contributed by atoms with Crippen molar-refractivity contribution in [1.29, 1.82) is 0 Å². The average Bonchev–Trinajstić information content (AvgIpc) is 3.03. The van der Waals surface area contributed by atoms with Crippen molar-refractivity contribution in [2.75, 3.05) is 39.4 Å². The molecule has 0 aliphatic carbocycles. The van der Waals surface area contributed by atoms with Crippen molar-refractivity contribution in [2.24, 2.45) is 16.8 Å². The topological polar surface area (TPSA) is 57.1 Å². The molecule has 5 heteroatoms. The lowest BCUT2D eigenvalue weighted by molar-refractivity contribution is -0.0566. The van der Waals surface area contributed by atoms with Crippen LogP contribution in [0, 0.1) is 11.8 Å². The lowest BCUT2D eigenvalue weighted by Crippen LogP contribution is -2.43. The summed E-state index contributed by atoms with van der Waals surface area (Å²) in [6, 6.07) is 0. The number of likely N-dealkylation sites (tertiary alicyclic amines) is 1. The first kappa shape index (κ1) is 18.5. The third kappa shape index (κ3) is 5.08. The Balaban J connectivity index is 1.96. The highest BCUT2D eigenvalue weighted by molar-refractivity contribution is 5.80. The van der Waals surface area contributed by atoms with Gasteiger partial charge in [0.05, 0.1) is 12.1 Å². The van der Waals surface area contributed by atoms with Gasteiger partial charge < -0.3 is 20.1 Å². The molecule has 134 valence electrons. The number of ether oxygens (including phenoxy) is 1. The Kier molecular flexibility index (Phi) is 7.15. The van der Waals surface area contributed by atoms with Crippen LogP contribution in [0.15, 0.2) is 4.99 Å². The van der Waals surface area contributed by atoms with Gasteiger partial charge in [0.2, 0.25) is 0 Å². The maximum absolute atomic E-state index is 10.6. The van der Waals surface area contributed by atoms with E-state index in [4.69, 9.17) is 9.73 Å². The fraction of sp³-hybridized carbons (Fsp3) is 0.944. The van der Waals surface area contributed by atoms with Gasteiger partial charge in [0.15, 0.2) is 5.96 Å². The van der Waals surface area contributed by atoms with Gasteiger partial charge in [-0.3, -0.25) is 4.99 Å². The summed E-state index contributed by atoms with van der Waals surface area (Å²) in [5.74, 6) is 2.57. The standard InChI is InChI=1S/C18H35N3O2/c1-4-15(5-2)16-7-10-21(13-16)17(19-6-3)20-14-18(22)8-11-23-12-9-18/h15-16,22H,4-14H2,1-3H3,(H,19,20). The van der Waals surface area contributed by atoms with E-state index in [9.17, 15) is 5.11 Å². The first-order valence-corrected chi connectivity index (χ1v) is 9.45. The lowest BCUT2D eigenvalue weighted by atomic mass is 9.87. The molecule has 0 spiro atoms. The van der Waals surface area contributed by atoms with E-state index in [0.29, 0.717) is 32.6 Å². The maximum Gasteiger partial charge on any atom is 0.194 e. The van der Waals surface area contributed by atoms with Gasteiger partial charge in [0, 0.05) is 45.7 Å². The second kappa shape index (κ2) is 8.88. The third-order valence-corrected chi connectivity index (χ3v) is 5.52. The van der Waals surface area contributed by atoms with Gasteiger partial charge in [0.25, 0.3) is 0 Å². The Labute approximate surface area is 141 Å². The number of nitrogens with zero attached hydrogens (tertiary/aromatic N) is 2. The highest BCUT2D eigenvalue weighted by atomic mass is 16.5. The Morgan fingerprint density at radius 2 is 2.00 bits per heavy atom.